The van der Waals surface area contributed by atoms with E-state index >= 15 is 0 Å². The molecule has 1 aliphatic rings. The fourth-order valence-corrected chi connectivity index (χ4v) is 3.79. The van der Waals surface area contributed by atoms with E-state index in [0.717, 1.165) is 18.4 Å². The van der Waals surface area contributed by atoms with Gasteiger partial charge >= 0.3 is 0 Å². The van der Waals surface area contributed by atoms with Gasteiger partial charge in [0.15, 0.2) is 0 Å². The molecule has 106 valence electrons. The summed E-state index contributed by atoms with van der Waals surface area (Å²) < 4.78 is 5.83. The van der Waals surface area contributed by atoms with Crippen LogP contribution in [-0.2, 0) is 24.0 Å². The Labute approximate surface area is 124 Å². The molecule has 0 spiro atoms. The zero-order chi connectivity index (χ0) is 13.9. The number of aliphatic hydroxyl groups is 1. The number of hydrogen-bond donors (Lipinski definition) is 1. The van der Waals surface area contributed by atoms with E-state index in [1.54, 1.807) is 11.3 Å². The molecule has 0 saturated heterocycles. The van der Waals surface area contributed by atoms with Crippen molar-refractivity contribution in [3.63, 3.8) is 0 Å². The predicted molar refractivity (Wildman–Crippen MR) is 82.2 cm³/mol. The molecule has 20 heavy (non-hydrogen) atoms. The Morgan fingerprint density at radius 2 is 2.05 bits per heavy atom. The maximum absolute atomic E-state index is 10.5. The molecule has 2 atom stereocenters. The first-order chi connectivity index (χ1) is 9.78. The molecule has 2 unspecified atom stereocenters. The Kier molecular flexibility index (Phi) is 4.20. The van der Waals surface area contributed by atoms with Crippen LogP contribution in [0.25, 0.3) is 0 Å². The molecule has 0 aliphatic carbocycles. The number of hydrogen-bond acceptors (Lipinski definition) is 3. The van der Waals surface area contributed by atoms with Gasteiger partial charge in [0.25, 0.3) is 0 Å². The molecular formula is C17H20O2S. The minimum absolute atomic E-state index is 0.188. The third-order valence-corrected chi connectivity index (χ3v) is 5.11. The van der Waals surface area contributed by atoms with Gasteiger partial charge < -0.3 is 9.84 Å². The molecule has 3 rings (SSSR count). The fourth-order valence-electron chi connectivity index (χ4n) is 2.78. The van der Waals surface area contributed by atoms with Crippen LogP contribution in [-0.4, -0.2) is 17.8 Å². The largest absolute Gasteiger partial charge is 0.390 e. The van der Waals surface area contributed by atoms with Crippen molar-refractivity contribution in [3.8, 4) is 0 Å². The van der Waals surface area contributed by atoms with Crippen LogP contribution < -0.4 is 0 Å². The molecule has 2 nitrogen and oxygen atoms in total. The van der Waals surface area contributed by atoms with Crippen LogP contribution in [0.15, 0.2) is 36.4 Å². The summed E-state index contributed by atoms with van der Waals surface area (Å²) in [6.45, 7) is 2.86. The van der Waals surface area contributed by atoms with E-state index in [9.17, 15) is 5.11 Å². The maximum atomic E-state index is 10.5. The van der Waals surface area contributed by atoms with Crippen LogP contribution in [0.1, 0.15) is 33.9 Å². The lowest BCUT2D eigenvalue weighted by Gasteiger charge is -2.29. The molecule has 2 aromatic rings. The van der Waals surface area contributed by atoms with Crippen molar-refractivity contribution in [3.05, 3.63) is 57.3 Å². The number of rotatable bonds is 4. The van der Waals surface area contributed by atoms with Crippen molar-refractivity contribution in [2.75, 3.05) is 6.61 Å². The van der Waals surface area contributed by atoms with E-state index in [-0.39, 0.29) is 6.10 Å². The first-order valence-electron chi connectivity index (χ1n) is 7.23. The zero-order valence-corrected chi connectivity index (χ0v) is 12.5. The molecule has 0 amide bonds. The molecule has 1 aliphatic heterocycles. The highest BCUT2D eigenvalue weighted by molar-refractivity contribution is 7.11. The number of aryl methyl sites for hydroxylation is 1. The molecule has 1 N–H and O–H groups in total. The van der Waals surface area contributed by atoms with Crippen molar-refractivity contribution in [2.24, 2.45) is 0 Å². The molecule has 3 heteroatoms. The van der Waals surface area contributed by atoms with Crippen LogP contribution >= 0.6 is 11.3 Å². The third kappa shape index (κ3) is 2.80. The van der Waals surface area contributed by atoms with Gasteiger partial charge in [-0.25, -0.2) is 0 Å². The Balaban J connectivity index is 1.76. The van der Waals surface area contributed by atoms with Gasteiger partial charge in [0.2, 0.25) is 0 Å². The highest BCUT2D eigenvalue weighted by atomic mass is 32.1. The maximum Gasteiger partial charge on any atom is 0.109 e. The third-order valence-electron chi connectivity index (χ3n) is 3.86. The first kappa shape index (κ1) is 13.8. The number of fused-ring (bicyclic) bond motifs is 1. The Morgan fingerprint density at radius 3 is 2.85 bits per heavy atom. The van der Waals surface area contributed by atoms with E-state index in [1.807, 2.05) is 6.07 Å². The second kappa shape index (κ2) is 6.08. The van der Waals surface area contributed by atoms with Crippen LogP contribution in [0.4, 0.5) is 0 Å². The van der Waals surface area contributed by atoms with E-state index in [2.05, 4.69) is 37.3 Å². The minimum Gasteiger partial charge on any atom is -0.390 e. The Hall–Kier alpha value is -1.16. The fraction of sp³-hybridized carbons (Fsp3) is 0.412. The summed E-state index contributed by atoms with van der Waals surface area (Å²) in [6.07, 6.45) is 2.01. The van der Waals surface area contributed by atoms with Crippen molar-refractivity contribution in [2.45, 2.75) is 38.4 Å². The molecular weight excluding hydrogens is 268 g/mol. The van der Waals surface area contributed by atoms with E-state index < -0.39 is 6.10 Å². The lowest BCUT2D eigenvalue weighted by atomic mass is 9.93. The van der Waals surface area contributed by atoms with E-state index in [0.29, 0.717) is 13.0 Å². The smallest absolute Gasteiger partial charge is 0.109 e. The molecule has 0 bridgehead atoms. The quantitative estimate of drug-likeness (QED) is 0.932. The van der Waals surface area contributed by atoms with Gasteiger partial charge in [-0.1, -0.05) is 31.2 Å². The molecule has 0 saturated carbocycles. The minimum atomic E-state index is -0.472. The van der Waals surface area contributed by atoms with Gasteiger partial charge in [0.1, 0.15) is 6.10 Å². The van der Waals surface area contributed by atoms with E-state index in [4.69, 9.17) is 4.74 Å². The van der Waals surface area contributed by atoms with Crippen LogP contribution in [0, 0.1) is 0 Å². The van der Waals surface area contributed by atoms with Gasteiger partial charge in [-0.3, -0.25) is 0 Å². The molecule has 0 fully saturated rings. The van der Waals surface area contributed by atoms with E-state index in [1.165, 1.54) is 15.3 Å². The summed E-state index contributed by atoms with van der Waals surface area (Å²) in [6, 6.07) is 12.6. The summed E-state index contributed by atoms with van der Waals surface area (Å²) in [7, 11) is 0. The summed E-state index contributed by atoms with van der Waals surface area (Å²) in [5, 5.41) is 10.5. The Bertz CT molecular complexity index is 576. The molecule has 2 heterocycles. The molecule has 1 aromatic heterocycles. The average molecular weight is 288 g/mol. The monoisotopic (exact) mass is 288 g/mol. The topological polar surface area (TPSA) is 29.5 Å². The van der Waals surface area contributed by atoms with Crippen molar-refractivity contribution in [1.82, 2.24) is 0 Å². The second-order valence-corrected chi connectivity index (χ2v) is 6.49. The average Bonchev–Trinajstić information content (AvgIpc) is 2.94. The second-order valence-electron chi connectivity index (χ2n) is 5.23. The van der Waals surface area contributed by atoms with Crippen LogP contribution in [0.2, 0.25) is 0 Å². The normalized spacial score (nSPS) is 19.6. The summed E-state index contributed by atoms with van der Waals surface area (Å²) in [5.41, 5.74) is 2.46. The van der Waals surface area contributed by atoms with Gasteiger partial charge in [0, 0.05) is 16.2 Å². The highest BCUT2D eigenvalue weighted by Crippen LogP contribution is 2.31. The van der Waals surface area contributed by atoms with Crippen molar-refractivity contribution >= 4 is 11.3 Å². The lowest BCUT2D eigenvalue weighted by molar-refractivity contribution is -0.0457. The van der Waals surface area contributed by atoms with Crippen molar-refractivity contribution < 1.29 is 9.84 Å². The van der Waals surface area contributed by atoms with Crippen molar-refractivity contribution in [1.29, 1.82) is 0 Å². The SMILES string of the molecule is CCc1ccc(CC(O)C2OCCc3ccccc32)s1. The lowest BCUT2D eigenvalue weighted by Crippen LogP contribution is -2.28. The summed E-state index contributed by atoms with van der Waals surface area (Å²) in [5.74, 6) is 0. The highest BCUT2D eigenvalue weighted by Gasteiger charge is 2.27. The number of thiophene rings is 1. The van der Waals surface area contributed by atoms with Gasteiger partial charge in [-0.05, 0) is 36.1 Å². The number of benzene rings is 1. The molecule has 0 radical (unpaired) electrons. The van der Waals surface area contributed by atoms with Crippen LogP contribution in [0.3, 0.4) is 0 Å². The zero-order valence-electron chi connectivity index (χ0n) is 11.7. The number of aliphatic hydroxyl groups excluding tert-OH is 1. The molecule has 1 aromatic carbocycles. The predicted octanol–water partition coefficient (Wildman–Crippen LogP) is 3.53. The van der Waals surface area contributed by atoms with Gasteiger partial charge in [-0.2, -0.15) is 0 Å². The standard InChI is InChI=1S/C17H20O2S/c1-2-13-7-8-14(20-13)11-16(18)17-15-6-4-3-5-12(15)9-10-19-17/h3-8,16-18H,2,9-11H2,1H3. The van der Waals surface area contributed by atoms with Gasteiger partial charge in [0.05, 0.1) is 12.7 Å². The Morgan fingerprint density at radius 1 is 1.25 bits per heavy atom. The van der Waals surface area contributed by atoms with Crippen LogP contribution in [0.5, 0.6) is 0 Å². The van der Waals surface area contributed by atoms with Gasteiger partial charge in [-0.15, -0.1) is 11.3 Å². The number of ether oxygens (including phenoxy) is 1. The summed E-state index contributed by atoms with van der Waals surface area (Å²) >= 11 is 1.79. The summed E-state index contributed by atoms with van der Waals surface area (Å²) in [4.78, 5) is 2.61. The first-order valence-corrected chi connectivity index (χ1v) is 8.04.